The predicted molar refractivity (Wildman–Crippen MR) is 95.1 cm³/mol. The molecule has 0 saturated carbocycles. The van der Waals surface area contributed by atoms with Crippen LogP contribution < -0.4 is 9.47 Å². The topological polar surface area (TPSA) is 76.1 Å². The molecule has 1 unspecified atom stereocenters. The molecule has 2 aromatic rings. The summed E-state index contributed by atoms with van der Waals surface area (Å²) in [5.74, 6) is -0.0235. The summed E-state index contributed by atoms with van der Waals surface area (Å²) in [5, 5.41) is 9.13. The first-order chi connectivity index (χ1) is 12.6. The molecule has 1 atom stereocenters. The average molecular weight is 355 g/mol. The molecule has 1 amide bonds. The van der Waals surface area contributed by atoms with Crippen LogP contribution in [-0.4, -0.2) is 41.1 Å². The zero-order valence-corrected chi connectivity index (χ0v) is 14.3. The SMILES string of the molecule is O=C(O)C1CCCN1C(=O)COc1ccc(OCc2ccccc2)cc1. The van der Waals surface area contributed by atoms with Crippen LogP contribution in [0.1, 0.15) is 18.4 Å². The lowest BCUT2D eigenvalue weighted by molar-refractivity contribution is -0.148. The lowest BCUT2D eigenvalue weighted by atomic mass is 10.2. The van der Waals surface area contributed by atoms with E-state index in [9.17, 15) is 9.59 Å². The standard InChI is InChI=1S/C20H21NO5/c22-19(21-12-4-7-18(21)20(23)24)14-26-17-10-8-16(9-11-17)25-13-15-5-2-1-3-6-15/h1-3,5-6,8-11,18H,4,7,12-14H2,(H,23,24). The minimum Gasteiger partial charge on any atom is -0.489 e. The van der Waals surface area contributed by atoms with Crippen LogP contribution in [0.2, 0.25) is 0 Å². The molecule has 0 radical (unpaired) electrons. The molecule has 1 fully saturated rings. The van der Waals surface area contributed by atoms with Crippen molar-refractivity contribution in [2.24, 2.45) is 0 Å². The molecule has 136 valence electrons. The number of hydrogen-bond donors (Lipinski definition) is 1. The number of rotatable bonds is 7. The highest BCUT2D eigenvalue weighted by molar-refractivity contribution is 5.85. The number of hydrogen-bond acceptors (Lipinski definition) is 4. The van der Waals surface area contributed by atoms with Crippen molar-refractivity contribution in [3.8, 4) is 11.5 Å². The third-order valence-electron chi connectivity index (χ3n) is 4.29. The van der Waals surface area contributed by atoms with E-state index in [1.54, 1.807) is 24.3 Å². The van der Waals surface area contributed by atoms with Gasteiger partial charge >= 0.3 is 5.97 Å². The smallest absolute Gasteiger partial charge is 0.326 e. The summed E-state index contributed by atoms with van der Waals surface area (Å²) >= 11 is 0. The van der Waals surface area contributed by atoms with Crippen LogP contribution in [0.25, 0.3) is 0 Å². The highest BCUT2D eigenvalue weighted by atomic mass is 16.5. The zero-order valence-electron chi connectivity index (χ0n) is 14.3. The molecule has 2 aromatic carbocycles. The number of ether oxygens (including phenoxy) is 2. The van der Waals surface area contributed by atoms with Gasteiger partial charge in [-0.2, -0.15) is 0 Å². The molecule has 1 aliphatic heterocycles. The Bertz CT molecular complexity index is 745. The van der Waals surface area contributed by atoms with Gasteiger partial charge in [-0.05, 0) is 42.7 Å². The highest BCUT2D eigenvalue weighted by Gasteiger charge is 2.33. The largest absolute Gasteiger partial charge is 0.489 e. The third kappa shape index (κ3) is 4.53. The molecule has 1 heterocycles. The number of aliphatic carboxylic acids is 1. The molecule has 26 heavy (non-hydrogen) atoms. The molecule has 0 aromatic heterocycles. The monoisotopic (exact) mass is 355 g/mol. The fourth-order valence-corrected chi connectivity index (χ4v) is 2.92. The summed E-state index contributed by atoms with van der Waals surface area (Å²) in [4.78, 5) is 24.7. The van der Waals surface area contributed by atoms with Crippen LogP contribution in [0.5, 0.6) is 11.5 Å². The highest BCUT2D eigenvalue weighted by Crippen LogP contribution is 2.20. The summed E-state index contributed by atoms with van der Waals surface area (Å²) in [6, 6.07) is 16.1. The molecule has 6 nitrogen and oxygen atoms in total. The van der Waals surface area contributed by atoms with E-state index in [0.717, 1.165) is 5.56 Å². The minimum atomic E-state index is -0.962. The number of carbonyl (C=O) groups is 2. The first-order valence-electron chi connectivity index (χ1n) is 8.55. The molecular weight excluding hydrogens is 334 g/mol. The zero-order chi connectivity index (χ0) is 18.4. The molecule has 0 aliphatic carbocycles. The lowest BCUT2D eigenvalue weighted by Crippen LogP contribution is -2.42. The van der Waals surface area contributed by atoms with Crippen molar-refractivity contribution < 1.29 is 24.2 Å². The summed E-state index contributed by atoms with van der Waals surface area (Å²) < 4.78 is 11.2. The Morgan fingerprint density at radius 3 is 2.31 bits per heavy atom. The Morgan fingerprint density at radius 1 is 1.00 bits per heavy atom. The second kappa shape index (κ2) is 8.38. The van der Waals surface area contributed by atoms with Crippen molar-refractivity contribution in [1.82, 2.24) is 4.90 Å². The van der Waals surface area contributed by atoms with Crippen molar-refractivity contribution in [1.29, 1.82) is 0 Å². The molecule has 3 rings (SSSR count). The minimum absolute atomic E-state index is 0.173. The number of benzene rings is 2. The predicted octanol–water partition coefficient (Wildman–Crippen LogP) is 2.72. The first-order valence-corrected chi connectivity index (χ1v) is 8.55. The Labute approximate surface area is 152 Å². The maximum Gasteiger partial charge on any atom is 0.326 e. The summed E-state index contributed by atoms with van der Waals surface area (Å²) in [6.45, 7) is 0.768. The third-order valence-corrected chi connectivity index (χ3v) is 4.29. The van der Waals surface area contributed by atoms with E-state index in [-0.39, 0.29) is 12.5 Å². The summed E-state index contributed by atoms with van der Waals surface area (Å²) in [5.41, 5.74) is 1.08. The molecule has 6 heteroatoms. The van der Waals surface area contributed by atoms with Crippen molar-refractivity contribution >= 4 is 11.9 Å². The van der Waals surface area contributed by atoms with Gasteiger partial charge in [-0.15, -0.1) is 0 Å². The van der Waals surface area contributed by atoms with Crippen LogP contribution in [0.15, 0.2) is 54.6 Å². The van der Waals surface area contributed by atoms with Gasteiger partial charge in [0, 0.05) is 6.54 Å². The van der Waals surface area contributed by atoms with Gasteiger partial charge in [-0.3, -0.25) is 4.79 Å². The molecule has 0 bridgehead atoms. The van der Waals surface area contributed by atoms with Crippen LogP contribution >= 0.6 is 0 Å². The molecule has 1 N–H and O–H groups in total. The van der Waals surface area contributed by atoms with E-state index < -0.39 is 12.0 Å². The van der Waals surface area contributed by atoms with Gasteiger partial charge < -0.3 is 19.5 Å². The maximum atomic E-state index is 12.2. The van der Waals surface area contributed by atoms with Crippen molar-refractivity contribution in [2.75, 3.05) is 13.2 Å². The van der Waals surface area contributed by atoms with Gasteiger partial charge in [-0.25, -0.2) is 4.79 Å². The van der Waals surface area contributed by atoms with Crippen LogP contribution in [0, 0.1) is 0 Å². The van der Waals surface area contributed by atoms with E-state index in [1.807, 2.05) is 30.3 Å². The fraction of sp³-hybridized carbons (Fsp3) is 0.300. The Kier molecular flexibility index (Phi) is 5.73. The van der Waals surface area contributed by atoms with E-state index in [2.05, 4.69) is 0 Å². The van der Waals surface area contributed by atoms with Gasteiger partial charge in [0.1, 0.15) is 24.1 Å². The molecule has 1 saturated heterocycles. The van der Waals surface area contributed by atoms with Gasteiger partial charge in [0.2, 0.25) is 0 Å². The number of amides is 1. The second-order valence-electron chi connectivity index (χ2n) is 6.12. The Balaban J connectivity index is 1.48. The van der Waals surface area contributed by atoms with Crippen molar-refractivity contribution in [2.45, 2.75) is 25.5 Å². The maximum absolute atomic E-state index is 12.2. The number of nitrogens with zero attached hydrogens (tertiary/aromatic N) is 1. The van der Waals surface area contributed by atoms with Gasteiger partial charge in [0.15, 0.2) is 6.61 Å². The number of carboxylic acid groups (broad SMARTS) is 1. The molecule has 1 aliphatic rings. The average Bonchev–Trinajstić information content (AvgIpc) is 3.16. The van der Waals surface area contributed by atoms with E-state index in [4.69, 9.17) is 14.6 Å². The van der Waals surface area contributed by atoms with Crippen LogP contribution in [0.3, 0.4) is 0 Å². The number of carbonyl (C=O) groups excluding carboxylic acids is 1. The Hall–Kier alpha value is -3.02. The lowest BCUT2D eigenvalue weighted by Gasteiger charge is -2.21. The van der Waals surface area contributed by atoms with Gasteiger partial charge in [0.25, 0.3) is 5.91 Å². The van der Waals surface area contributed by atoms with Gasteiger partial charge in [0.05, 0.1) is 0 Å². The van der Waals surface area contributed by atoms with Crippen LogP contribution in [0.4, 0.5) is 0 Å². The number of carboxylic acids is 1. The van der Waals surface area contributed by atoms with E-state index in [1.165, 1.54) is 4.90 Å². The molecule has 0 spiro atoms. The summed E-state index contributed by atoms with van der Waals surface area (Å²) in [6.07, 6.45) is 1.20. The molecular formula is C20H21NO5. The van der Waals surface area contributed by atoms with Gasteiger partial charge in [-0.1, -0.05) is 30.3 Å². The fourth-order valence-electron chi connectivity index (χ4n) is 2.92. The Morgan fingerprint density at radius 2 is 1.65 bits per heavy atom. The van der Waals surface area contributed by atoms with E-state index in [0.29, 0.717) is 37.5 Å². The quantitative estimate of drug-likeness (QED) is 0.826. The van der Waals surface area contributed by atoms with Crippen molar-refractivity contribution in [3.05, 3.63) is 60.2 Å². The summed E-state index contributed by atoms with van der Waals surface area (Å²) in [7, 11) is 0. The van der Waals surface area contributed by atoms with E-state index >= 15 is 0 Å². The second-order valence-corrected chi connectivity index (χ2v) is 6.12. The number of likely N-dealkylation sites (tertiary alicyclic amines) is 1. The van der Waals surface area contributed by atoms with Crippen molar-refractivity contribution in [3.63, 3.8) is 0 Å². The first kappa shape index (κ1) is 17.8. The normalized spacial score (nSPS) is 16.3. The van der Waals surface area contributed by atoms with Crippen LogP contribution in [-0.2, 0) is 16.2 Å².